The Labute approximate surface area is 455 Å². The molecule has 2 N–H and O–H groups in total. The first kappa shape index (κ1) is 63.7. The number of halogens is 1. The highest BCUT2D eigenvalue weighted by atomic mass is 32.2. The average Bonchev–Trinajstić information content (AvgIpc) is 3.56. The second-order valence-electron chi connectivity index (χ2n) is 17.3. The number of alkyl halides is 1. The van der Waals surface area contributed by atoms with Crippen LogP contribution in [0, 0.1) is 0 Å². The Kier molecular flexibility index (Phi) is 23.4. The topological polar surface area (TPSA) is 323 Å². The molecule has 2 aromatic carbocycles. The highest BCUT2D eigenvalue weighted by Gasteiger charge is 2.69. The van der Waals surface area contributed by atoms with Crippen LogP contribution in [0.1, 0.15) is 62.3 Å². The summed E-state index contributed by atoms with van der Waals surface area (Å²) in [6.07, 6.45) is -17.2. The molecule has 0 bridgehead atoms. The highest BCUT2D eigenvalue weighted by molar-refractivity contribution is 8.00. The summed E-state index contributed by atoms with van der Waals surface area (Å²) < 4.78 is 87.7. The van der Waals surface area contributed by atoms with Crippen molar-refractivity contribution in [3.8, 4) is 0 Å². The smallest absolute Gasteiger partial charge is 0.373 e. The van der Waals surface area contributed by atoms with Crippen LogP contribution in [0.15, 0.2) is 70.5 Å². The summed E-state index contributed by atoms with van der Waals surface area (Å²) in [6, 6.07) is 11.9. The molecule has 0 aliphatic carbocycles. The van der Waals surface area contributed by atoms with E-state index in [4.69, 9.17) is 56.8 Å². The van der Waals surface area contributed by atoms with Gasteiger partial charge in [0.15, 0.2) is 18.3 Å². The minimum atomic E-state index is -3.74. The van der Waals surface area contributed by atoms with E-state index >= 15 is 9.18 Å². The molecule has 0 saturated carbocycles. The predicted molar refractivity (Wildman–Crippen MR) is 264 cm³/mol. The number of ether oxygens (including phenoxy) is 12. The monoisotopic (exact) mass is 1140 g/mol. The van der Waals surface area contributed by atoms with Crippen molar-refractivity contribution in [1.29, 1.82) is 0 Å². The fraction of sp³-hybridized carbons (Fsp3) is 0.540. The first-order chi connectivity index (χ1) is 36.7. The number of nitrogens with one attached hydrogen (secondary N) is 2. The quantitative estimate of drug-likeness (QED) is 0.119. The molecule has 2 aliphatic rings. The van der Waals surface area contributed by atoms with Gasteiger partial charge in [-0.1, -0.05) is 36.4 Å². The van der Waals surface area contributed by atoms with Crippen molar-refractivity contribution in [3.63, 3.8) is 0 Å². The van der Waals surface area contributed by atoms with Gasteiger partial charge in [0.25, 0.3) is 5.79 Å². The molecule has 2 amide bonds. The fourth-order valence-electron chi connectivity index (χ4n) is 8.51. The van der Waals surface area contributed by atoms with Crippen LogP contribution >= 0.6 is 23.5 Å². The van der Waals surface area contributed by atoms with Gasteiger partial charge < -0.3 is 67.5 Å². The molecule has 0 aromatic heterocycles. The maximum absolute atomic E-state index is 18.3. The van der Waals surface area contributed by atoms with E-state index in [9.17, 15) is 47.9 Å². The minimum Gasteiger partial charge on any atom is -0.465 e. The molecule has 14 atom stereocenters. The third-order valence-electron chi connectivity index (χ3n) is 11.2. The van der Waals surface area contributed by atoms with Crippen LogP contribution in [-0.2, 0) is 110 Å². The molecular formula is C50H61FN2O23S2. The summed E-state index contributed by atoms with van der Waals surface area (Å²) in [5, 5.41) is 1.22. The summed E-state index contributed by atoms with van der Waals surface area (Å²) >= 11 is 1.30. The molecule has 25 nitrogen and oxygen atoms in total. The first-order valence-electron chi connectivity index (χ1n) is 23.7. The summed E-state index contributed by atoms with van der Waals surface area (Å²) in [5.74, 6) is -19.7. The predicted octanol–water partition coefficient (Wildman–Crippen LogP) is 1.99. The zero-order valence-corrected chi connectivity index (χ0v) is 45.8. The van der Waals surface area contributed by atoms with Gasteiger partial charge in [0, 0.05) is 72.1 Å². The van der Waals surface area contributed by atoms with E-state index < -0.39 is 162 Å². The molecule has 78 heavy (non-hydrogen) atoms. The largest absolute Gasteiger partial charge is 0.465 e. The number of hydrogen-bond acceptors (Lipinski definition) is 25. The number of benzene rings is 2. The lowest BCUT2D eigenvalue weighted by Crippen LogP contribution is -2.76. The van der Waals surface area contributed by atoms with E-state index in [1.807, 2.05) is 0 Å². The van der Waals surface area contributed by atoms with Gasteiger partial charge in [-0.15, -0.1) is 23.5 Å². The molecule has 2 heterocycles. The number of methoxy groups -OCH3 is 2. The summed E-state index contributed by atoms with van der Waals surface area (Å²) in [4.78, 5) is 147. The first-order valence-corrected chi connectivity index (χ1v) is 25.4. The molecule has 0 radical (unpaired) electrons. The van der Waals surface area contributed by atoms with E-state index in [2.05, 4.69) is 10.6 Å². The van der Waals surface area contributed by atoms with Crippen molar-refractivity contribution in [2.24, 2.45) is 0 Å². The number of hydrogen-bond donors (Lipinski definition) is 2. The Morgan fingerprint density at radius 3 is 1.32 bits per heavy atom. The number of amides is 2. The third kappa shape index (κ3) is 16.8. The van der Waals surface area contributed by atoms with E-state index in [1.54, 1.807) is 36.4 Å². The van der Waals surface area contributed by atoms with Crippen LogP contribution in [0.25, 0.3) is 0 Å². The lowest BCUT2D eigenvalue weighted by atomic mass is 9.86. The Morgan fingerprint density at radius 1 is 0.526 bits per heavy atom. The molecule has 2 aliphatic heterocycles. The number of carbonyl (C=O) groups excluding carboxylic acids is 11. The van der Waals surface area contributed by atoms with E-state index in [1.165, 1.54) is 24.3 Å². The molecular weight excluding hydrogens is 1080 g/mol. The normalized spacial score (nSPS) is 26.1. The van der Waals surface area contributed by atoms with Crippen LogP contribution in [0.4, 0.5) is 4.39 Å². The van der Waals surface area contributed by atoms with Gasteiger partial charge in [-0.05, 0) is 24.3 Å². The van der Waals surface area contributed by atoms with Crippen molar-refractivity contribution in [2.75, 3.05) is 27.4 Å². The second kappa shape index (κ2) is 28.7. The van der Waals surface area contributed by atoms with E-state index in [0.717, 1.165) is 76.5 Å². The molecule has 28 heteroatoms. The minimum absolute atomic E-state index is 0.255. The van der Waals surface area contributed by atoms with Crippen LogP contribution in [-0.4, -0.2) is 176 Å². The number of carbonyl (C=O) groups is 11. The van der Waals surface area contributed by atoms with Crippen molar-refractivity contribution in [3.05, 3.63) is 60.7 Å². The zero-order chi connectivity index (χ0) is 58.2. The maximum atomic E-state index is 18.3. The Hall–Kier alpha value is -6.88. The molecule has 2 fully saturated rings. The highest BCUT2D eigenvalue weighted by Crippen LogP contribution is 2.49. The van der Waals surface area contributed by atoms with Crippen molar-refractivity contribution < 1.29 is 114 Å². The Bertz CT molecular complexity index is 2510. The van der Waals surface area contributed by atoms with Crippen molar-refractivity contribution in [2.45, 2.75) is 155 Å². The van der Waals surface area contributed by atoms with Crippen LogP contribution in [0.3, 0.4) is 0 Å². The second-order valence-corrected chi connectivity index (χ2v) is 19.8. The molecule has 0 spiro atoms. The van der Waals surface area contributed by atoms with Crippen LogP contribution in [0.2, 0.25) is 0 Å². The van der Waals surface area contributed by atoms with Gasteiger partial charge in [0.05, 0.1) is 26.3 Å². The summed E-state index contributed by atoms with van der Waals surface area (Å²) in [6.45, 7) is 6.46. The van der Waals surface area contributed by atoms with Gasteiger partial charge in [0.2, 0.25) is 11.8 Å². The number of rotatable bonds is 23. The number of thioether (sulfide) groups is 2. The fourth-order valence-corrected chi connectivity index (χ4v) is 11.1. The molecule has 2 aromatic rings. The van der Waals surface area contributed by atoms with Gasteiger partial charge >= 0.3 is 59.6 Å². The van der Waals surface area contributed by atoms with E-state index in [-0.39, 0.29) is 9.79 Å². The lowest BCUT2D eigenvalue weighted by Gasteiger charge is -2.54. The van der Waals surface area contributed by atoms with Gasteiger partial charge in [-0.3, -0.25) is 43.2 Å². The Balaban J connectivity index is 2.22. The zero-order valence-electron chi connectivity index (χ0n) is 44.2. The lowest BCUT2D eigenvalue weighted by molar-refractivity contribution is -0.338. The summed E-state index contributed by atoms with van der Waals surface area (Å²) in [5.41, 5.74) is 0. The van der Waals surface area contributed by atoms with E-state index in [0.29, 0.717) is 23.5 Å². The molecule has 428 valence electrons. The van der Waals surface area contributed by atoms with Crippen molar-refractivity contribution >= 4 is 89.1 Å². The maximum Gasteiger partial charge on any atom is 0.373 e. The Morgan fingerprint density at radius 2 is 0.923 bits per heavy atom. The molecule has 2 saturated heterocycles. The molecule has 4 rings (SSSR count). The van der Waals surface area contributed by atoms with Crippen LogP contribution < -0.4 is 10.6 Å². The average molecular weight is 1140 g/mol. The molecule has 0 unspecified atom stereocenters. The van der Waals surface area contributed by atoms with Gasteiger partial charge in [-0.2, -0.15) is 4.39 Å². The van der Waals surface area contributed by atoms with Crippen molar-refractivity contribution in [1.82, 2.24) is 10.6 Å². The van der Waals surface area contributed by atoms with Crippen LogP contribution in [0.5, 0.6) is 0 Å². The number of esters is 9. The SMILES string of the molecule is COC(=O)[C@]1(O[C@H](COC(C)=O)[C@@H](OC(C)=O)[C@@H]2O[C@@](F)(C(=O)OC)[C@@H](Sc3ccccc3)[C@H](OC(C)=O)[C@H]2NC(C)=O)O[C@@H]([C@H](OC(C)=O)[C@@H](COC(C)=O)OC(C)=O)[C@H](NC(C)=O)[C@@H](OC(C)=O)[C@@H]1Sc1ccccc1. The van der Waals surface area contributed by atoms with Gasteiger partial charge in [-0.25, -0.2) is 9.59 Å². The van der Waals surface area contributed by atoms with Gasteiger partial charge in [0.1, 0.15) is 54.2 Å². The standard InChI is InChI=1S/C50H61FN2O23S2/c1-24(54)52-37-41(75-49(51,47(63)65-10)45(43(37)72-31(8)61)77-33-18-14-12-15-19-33)40(71-30(7)60)36(23-68-27(4)57)74-50(48(64)66-11)46(78-34-20-16-13-17-21-34)44(73-32(9)62)38(53-25(2)55)42(76-50)39(70-29(6)59)35(69-28(5)58)22-67-26(3)56/h12-21,35-46H,22-23H2,1-11H3,(H,52,54)(H,53,55)/t35-,36-,37+,38+,39-,40-,41-,42-,43-,44-,45+,46+,49-,50-/m1/s1. The third-order valence-corrected chi connectivity index (χ3v) is 13.9. The summed E-state index contributed by atoms with van der Waals surface area (Å²) in [7, 11) is 1.65.